The zero-order valence-corrected chi connectivity index (χ0v) is 9.21. The van der Waals surface area contributed by atoms with E-state index < -0.39 is 18.6 Å². The largest absolute Gasteiger partial charge is 0.390 e. The Kier molecular flexibility index (Phi) is 4.11. The molecule has 3 nitrogen and oxygen atoms in total. The van der Waals surface area contributed by atoms with E-state index in [9.17, 15) is 18.0 Å². The van der Waals surface area contributed by atoms with Crippen molar-refractivity contribution in [2.75, 3.05) is 5.32 Å². The number of rotatable bonds is 3. The molecule has 3 N–H and O–H groups in total. The monoisotopic (exact) mass is 246 g/mol. The van der Waals surface area contributed by atoms with Gasteiger partial charge in [-0.15, -0.1) is 0 Å². The fourth-order valence-corrected chi connectivity index (χ4v) is 1.38. The number of amides is 1. The Morgan fingerprint density at radius 2 is 1.88 bits per heavy atom. The maximum atomic E-state index is 12.1. The van der Waals surface area contributed by atoms with E-state index in [1.54, 1.807) is 0 Å². The lowest BCUT2D eigenvalue weighted by molar-refractivity contribution is -0.138. The molecular weight excluding hydrogens is 233 g/mol. The number of carbonyl (C=O) groups is 1. The summed E-state index contributed by atoms with van der Waals surface area (Å²) in [7, 11) is 0. The highest BCUT2D eigenvalue weighted by atomic mass is 19.4. The molecule has 0 aromatic heterocycles. The number of hydrogen-bond acceptors (Lipinski definition) is 2. The van der Waals surface area contributed by atoms with Crippen LogP contribution in [0.3, 0.4) is 0 Å². The van der Waals surface area contributed by atoms with E-state index in [1.165, 1.54) is 31.2 Å². The molecule has 94 valence electrons. The van der Waals surface area contributed by atoms with E-state index in [-0.39, 0.29) is 5.91 Å². The SMILES string of the molecule is CC(=O)Nc1ccc([C@H](N)CC(F)(F)F)cc1. The molecule has 0 saturated heterocycles. The van der Waals surface area contributed by atoms with E-state index in [0.29, 0.717) is 11.3 Å². The van der Waals surface area contributed by atoms with Gasteiger partial charge in [-0.1, -0.05) is 12.1 Å². The third-order valence-corrected chi connectivity index (χ3v) is 2.11. The van der Waals surface area contributed by atoms with Crippen LogP contribution in [0.2, 0.25) is 0 Å². The standard InChI is InChI=1S/C11H13F3N2O/c1-7(17)16-9-4-2-8(3-5-9)10(15)6-11(12,13)14/h2-5,10H,6,15H2,1H3,(H,16,17)/t10-/m1/s1. The van der Waals surface area contributed by atoms with E-state index >= 15 is 0 Å². The van der Waals surface area contributed by atoms with Crippen LogP contribution < -0.4 is 11.1 Å². The molecule has 0 fully saturated rings. The van der Waals surface area contributed by atoms with Gasteiger partial charge in [0.2, 0.25) is 5.91 Å². The molecule has 1 aromatic carbocycles. The zero-order valence-electron chi connectivity index (χ0n) is 9.21. The molecule has 1 atom stereocenters. The first-order valence-corrected chi connectivity index (χ1v) is 4.98. The first-order chi connectivity index (χ1) is 7.78. The summed E-state index contributed by atoms with van der Waals surface area (Å²) < 4.78 is 36.3. The first-order valence-electron chi connectivity index (χ1n) is 4.98. The first kappa shape index (κ1) is 13.5. The lowest BCUT2D eigenvalue weighted by Gasteiger charge is -2.14. The van der Waals surface area contributed by atoms with Gasteiger partial charge in [-0.05, 0) is 17.7 Å². The lowest BCUT2D eigenvalue weighted by Crippen LogP contribution is -2.20. The van der Waals surface area contributed by atoms with Gasteiger partial charge in [-0.25, -0.2) is 0 Å². The van der Waals surface area contributed by atoms with Crippen molar-refractivity contribution >= 4 is 11.6 Å². The average molecular weight is 246 g/mol. The van der Waals surface area contributed by atoms with Gasteiger partial charge in [0.25, 0.3) is 0 Å². The summed E-state index contributed by atoms with van der Waals surface area (Å²) in [5.74, 6) is -0.239. The molecule has 1 rings (SSSR count). The number of halogens is 3. The fourth-order valence-electron chi connectivity index (χ4n) is 1.38. The summed E-state index contributed by atoms with van der Waals surface area (Å²) >= 11 is 0. The summed E-state index contributed by atoms with van der Waals surface area (Å²) in [4.78, 5) is 10.7. The van der Waals surface area contributed by atoms with Crippen LogP contribution in [0.15, 0.2) is 24.3 Å². The predicted molar refractivity (Wildman–Crippen MR) is 58.3 cm³/mol. The molecule has 17 heavy (non-hydrogen) atoms. The van der Waals surface area contributed by atoms with E-state index in [0.717, 1.165) is 0 Å². The van der Waals surface area contributed by atoms with Crippen molar-refractivity contribution < 1.29 is 18.0 Å². The summed E-state index contributed by atoms with van der Waals surface area (Å²) in [6.45, 7) is 1.35. The molecule has 1 aromatic rings. The Morgan fingerprint density at radius 3 is 2.29 bits per heavy atom. The van der Waals surface area contributed by atoms with E-state index in [2.05, 4.69) is 5.32 Å². The van der Waals surface area contributed by atoms with Crippen molar-refractivity contribution in [1.82, 2.24) is 0 Å². The highest BCUT2D eigenvalue weighted by molar-refractivity contribution is 5.88. The number of carbonyl (C=O) groups excluding carboxylic acids is 1. The molecule has 0 unspecified atom stereocenters. The molecule has 0 aliphatic carbocycles. The minimum atomic E-state index is -4.28. The summed E-state index contributed by atoms with van der Waals surface area (Å²) in [6, 6.07) is 4.91. The van der Waals surface area contributed by atoms with Crippen LogP contribution in [0.1, 0.15) is 24.9 Å². The Morgan fingerprint density at radius 1 is 1.35 bits per heavy atom. The molecule has 0 aliphatic heterocycles. The maximum absolute atomic E-state index is 12.1. The van der Waals surface area contributed by atoms with Crippen LogP contribution >= 0.6 is 0 Å². The van der Waals surface area contributed by atoms with Crippen LogP contribution in [0.5, 0.6) is 0 Å². The molecular formula is C11H13F3N2O. The van der Waals surface area contributed by atoms with Gasteiger partial charge in [0.05, 0.1) is 6.42 Å². The molecule has 1 amide bonds. The summed E-state index contributed by atoms with van der Waals surface area (Å²) in [5, 5.41) is 2.52. The predicted octanol–water partition coefficient (Wildman–Crippen LogP) is 2.60. The highest BCUT2D eigenvalue weighted by Crippen LogP contribution is 2.28. The Labute approximate surface area is 96.8 Å². The topological polar surface area (TPSA) is 55.1 Å². The quantitative estimate of drug-likeness (QED) is 0.861. The smallest absolute Gasteiger partial charge is 0.326 e. The minimum Gasteiger partial charge on any atom is -0.326 e. The molecule has 0 heterocycles. The van der Waals surface area contributed by atoms with Gasteiger partial charge in [0, 0.05) is 18.7 Å². The van der Waals surface area contributed by atoms with Crippen LogP contribution in [-0.2, 0) is 4.79 Å². The minimum absolute atomic E-state index is 0.239. The maximum Gasteiger partial charge on any atom is 0.390 e. The van der Waals surface area contributed by atoms with Gasteiger partial charge in [0.1, 0.15) is 0 Å². The van der Waals surface area contributed by atoms with Crippen molar-refractivity contribution in [2.45, 2.75) is 25.6 Å². The molecule has 0 radical (unpaired) electrons. The Balaban J connectivity index is 2.70. The average Bonchev–Trinajstić information content (AvgIpc) is 2.15. The summed E-state index contributed by atoms with van der Waals surface area (Å²) in [6.07, 6.45) is -5.35. The number of benzene rings is 1. The third-order valence-electron chi connectivity index (χ3n) is 2.11. The van der Waals surface area contributed by atoms with Crippen molar-refractivity contribution in [3.63, 3.8) is 0 Å². The van der Waals surface area contributed by atoms with Crippen molar-refractivity contribution in [3.05, 3.63) is 29.8 Å². The third kappa shape index (κ3) is 4.86. The number of hydrogen-bond donors (Lipinski definition) is 2. The van der Waals surface area contributed by atoms with Crippen molar-refractivity contribution in [3.8, 4) is 0 Å². The second-order valence-electron chi connectivity index (χ2n) is 3.73. The fraction of sp³-hybridized carbons (Fsp3) is 0.364. The van der Waals surface area contributed by atoms with Crippen LogP contribution in [0.25, 0.3) is 0 Å². The van der Waals surface area contributed by atoms with Crippen molar-refractivity contribution in [1.29, 1.82) is 0 Å². The lowest BCUT2D eigenvalue weighted by atomic mass is 10.0. The van der Waals surface area contributed by atoms with Gasteiger partial charge < -0.3 is 11.1 Å². The highest BCUT2D eigenvalue weighted by Gasteiger charge is 2.30. The second kappa shape index (κ2) is 5.18. The molecule has 0 saturated carbocycles. The summed E-state index contributed by atoms with van der Waals surface area (Å²) in [5.41, 5.74) is 6.34. The van der Waals surface area contributed by atoms with Gasteiger partial charge in [-0.3, -0.25) is 4.79 Å². The van der Waals surface area contributed by atoms with Crippen LogP contribution in [0.4, 0.5) is 18.9 Å². The van der Waals surface area contributed by atoms with Gasteiger partial charge in [-0.2, -0.15) is 13.2 Å². The number of nitrogens with one attached hydrogen (secondary N) is 1. The molecule has 0 bridgehead atoms. The van der Waals surface area contributed by atoms with E-state index in [4.69, 9.17) is 5.73 Å². The Hall–Kier alpha value is -1.56. The molecule has 6 heteroatoms. The van der Waals surface area contributed by atoms with E-state index in [1.807, 2.05) is 0 Å². The van der Waals surface area contributed by atoms with Gasteiger partial charge >= 0.3 is 6.18 Å². The number of nitrogens with two attached hydrogens (primary N) is 1. The zero-order chi connectivity index (χ0) is 13.1. The second-order valence-corrected chi connectivity index (χ2v) is 3.73. The van der Waals surface area contributed by atoms with Crippen LogP contribution in [0, 0.1) is 0 Å². The molecule has 0 aliphatic rings. The number of anilines is 1. The Bertz CT molecular complexity index is 387. The van der Waals surface area contributed by atoms with Gasteiger partial charge in [0.15, 0.2) is 0 Å². The van der Waals surface area contributed by atoms with Crippen LogP contribution in [-0.4, -0.2) is 12.1 Å². The number of alkyl halides is 3. The van der Waals surface area contributed by atoms with Crippen molar-refractivity contribution in [2.24, 2.45) is 5.73 Å². The normalized spacial score (nSPS) is 13.2. The molecule has 0 spiro atoms.